The lowest BCUT2D eigenvalue weighted by Gasteiger charge is -2.30. The quantitative estimate of drug-likeness (QED) is 0.840. The first-order valence-electron chi connectivity index (χ1n) is 6.12. The highest BCUT2D eigenvalue weighted by Gasteiger charge is 2.24. The third-order valence-electron chi connectivity index (χ3n) is 3.60. The van der Waals surface area contributed by atoms with Gasteiger partial charge >= 0.3 is 0 Å². The van der Waals surface area contributed by atoms with Crippen LogP contribution in [0.2, 0.25) is 0 Å². The monoisotopic (exact) mass is 227 g/mol. The molecule has 0 saturated carbocycles. The van der Waals surface area contributed by atoms with Gasteiger partial charge in [0, 0.05) is 30.3 Å². The topological polar surface area (TPSA) is 40.7 Å². The third-order valence-corrected chi connectivity index (χ3v) is 3.60. The lowest BCUT2D eigenvalue weighted by atomic mass is 9.77. The fraction of sp³-hybridized carbons (Fsp3) is 0.357. The number of benzene rings is 1. The molecule has 0 amide bonds. The van der Waals surface area contributed by atoms with E-state index in [2.05, 4.69) is 46.7 Å². The summed E-state index contributed by atoms with van der Waals surface area (Å²) >= 11 is 0. The predicted octanol–water partition coefficient (Wildman–Crippen LogP) is 2.15. The molecule has 1 atom stereocenters. The van der Waals surface area contributed by atoms with Crippen molar-refractivity contribution < 1.29 is 0 Å². The molecule has 2 aromatic rings. The summed E-state index contributed by atoms with van der Waals surface area (Å²) in [5.74, 6) is 0.693. The van der Waals surface area contributed by atoms with Gasteiger partial charge in [-0.1, -0.05) is 24.3 Å². The summed E-state index contributed by atoms with van der Waals surface area (Å²) in [6.07, 6.45) is 3.12. The Balaban J connectivity index is 1.53. The Kier molecular flexibility index (Phi) is 2.69. The molecule has 1 unspecified atom stereocenters. The molecule has 0 spiro atoms. The van der Waals surface area contributed by atoms with Gasteiger partial charge in [0.25, 0.3) is 0 Å². The Morgan fingerprint density at radius 1 is 1.41 bits per heavy atom. The van der Waals surface area contributed by atoms with E-state index in [9.17, 15) is 0 Å². The van der Waals surface area contributed by atoms with Crippen molar-refractivity contribution in [2.75, 3.05) is 6.54 Å². The number of aromatic amines is 1. The van der Waals surface area contributed by atoms with E-state index in [1.165, 1.54) is 23.1 Å². The Hall–Kier alpha value is -1.61. The molecule has 1 heterocycles. The number of nitrogens with zero attached hydrogens (tertiary/aromatic N) is 1. The van der Waals surface area contributed by atoms with Crippen LogP contribution >= 0.6 is 0 Å². The van der Waals surface area contributed by atoms with E-state index in [4.69, 9.17) is 0 Å². The van der Waals surface area contributed by atoms with Gasteiger partial charge in [0.15, 0.2) is 0 Å². The van der Waals surface area contributed by atoms with Crippen LogP contribution in [0.15, 0.2) is 30.5 Å². The van der Waals surface area contributed by atoms with Crippen molar-refractivity contribution >= 4 is 0 Å². The van der Waals surface area contributed by atoms with Crippen molar-refractivity contribution in [3.05, 3.63) is 52.8 Å². The average Bonchev–Trinajstić information content (AvgIpc) is 2.71. The molecular weight excluding hydrogens is 210 g/mol. The highest BCUT2D eigenvalue weighted by molar-refractivity contribution is 5.40. The second-order valence-electron chi connectivity index (χ2n) is 4.75. The minimum Gasteiger partial charge on any atom is -0.312 e. The molecule has 3 nitrogen and oxygen atoms in total. The first kappa shape index (κ1) is 10.5. The minimum absolute atomic E-state index is 0.693. The molecule has 0 aliphatic heterocycles. The van der Waals surface area contributed by atoms with Crippen molar-refractivity contribution in [1.29, 1.82) is 0 Å². The van der Waals surface area contributed by atoms with Crippen LogP contribution in [-0.4, -0.2) is 16.7 Å². The van der Waals surface area contributed by atoms with Gasteiger partial charge < -0.3 is 5.32 Å². The van der Waals surface area contributed by atoms with E-state index in [-0.39, 0.29) is 0 Å². The zero-order chi connectivity index (χ0) is 11.7. The zero-order valence-electron chi connectivity index (χ0n) is 10.0. The number of aromatic nitrogens is 2. The van der Waals surface area contributed by atoms with Crippen molar-refractivity contribution in [2.45, 2.75) is 25.8 Å². The molecule has 3 heteroatoms. The maximum Gasteiger partial charge on any atom is 0.0535 e. The molecule has 2 N–H and O–H groups in total. The van der Waals surface area contributed by atoms with Gasteiger partial charge in [-0.3, -0.25) is 5.10 Å². The second kappa shape index (κ2) is 4.34. The summed E-state index contributed by atoms with van der Waals surface area (Å²) in [4.78, 5) is 0. The first-order valence-corrected chi connectivity index (χ1v) is 6.12. The molecule has 17 heavy (non-hydrogen) atoms. The fourth-order valence-electron chi connectivity index (χ4n) is 2.48. The number of nitrogens with one attached hydrogen (secondary N) is 2. The number of hydrogen-bond donors (Lipinski definition) is 2. The molecule has 0 saturated heterocycles. The minimum atomic E-state index is 0.693. The molecule has 88 valence electrons. The molecule has 1 aromatic heterocycles. The third kappa shape index (κ3) is 1.98. The summed E-state index contributed by atoms with van der Waals surface area (Å²) in [6, 6.07) is 8.73. The molecule has 1 aromatic carbocycles. The van der Waals surface area contributed by atoms with Gasteiger partial charge in [-0.05, 0) is 24.5 Å². The van der Waals surface area contributed by atoms with E-state index in [0.29, 0.717) is 5.92 Å². The lowest BCUT2D eigenvalue weighted by Crippen LogP contribution is -2.28. The molecule has 1 aliphatic rings. The van der Waals surface area contributed by atoms with Gasteiger partial charge in [-0.2, -0.15) is 5.10 Å². The number of aryl methyl sites for hydroxylation is 1. The summed E-state index contributed by atoms with van der Waals surface area (Å²) < 4.78 is 0. The Morgan fingerprint density at radius 2 is 2.29 bits per heavy atom. The number of H-pyrrole nitrogens is 1. The van der Waals surface area contributed by atoms with E-state index < -0.39 is 0 Å². The molecule has 3 rings (SSSR count). The van der Waals surface area contributed by atoms with E-state index in [0.717, 1.165) is 18.8 Å². The molecule has 0 bridgehead atoms. The Bertz CT molecular complexity index is 516. The first-order chi connectivity index (χ1) is 8.34. The number of hydrogen-bond acceptors (Lipinski definition) is 2. The fourth-order valence-corrected chi connectivity index (χ4v) is 2.48. The van der Waals surface area contributed by atoms with E-state index in [1.807, 2.05) is 6.20 Å². The normalized spacial score (nSPS) is 17.6. The molecule has 1 aliphatic carbocycles. The van der Waals surface area contributed by atoms with Gasteiger partial charge in [-0.25, -0.2) is 0 Å². The highest BCUT2D eigenvalue weighted by Crippen LogP contribution is 2.33. The van der Waals surface area contributed by atoms with Crippen LogP contribution in [0.5, 0.6) is 0 Å². The summed E-state index contributed by atoms with van der Waals surface area (Å²) in [5, 5.41) is 10.5. The molecule has 0 fully saturated rings. The van der Waals surface area contributed by atoms with Crippen LogP contribution < -0.4 is 5.32 Å². The van der Waals surface area contributed by atoms with Crippen molar-refractivity contribution in [1.82, 2.24) is 15.5 Å². The lowest BCUT2D eigenvalue weighted by molar-refractivity contribution is 0.535. The smallest absolute Gasteiger partial charge is 0.0535 e. The average molecular weight is 227 g/mol. The van der Waals surface area contributed by atoms with Crippen LogP contribution in [-0.2, 0) is 13.0 Å². The highest BCUT2D eigenvalue weighted by atomic mass is 15.1. The van der Waals surface area contributed by atoms with Gasteiger partial charge in [0.05, 0.1) is 6.20 Å². The van der Waals surface area contributed by atoms with Gasteiger partial charge in [0.2, 0.25) is 0 Å². The van der Waals surface area contributed by atoms with Gasteiger partial charge in [0.1, 0.15) is 0 Å². The van der Waals surface area contributed by atoms with Crippen LogP contribution in [0.1, 0.15) is 28.3 Å². The molecular formula is C14H17N3. The SMILES string of the molecule is Cc1[nH]ncc1CNCC1Cc2ccccc21. The predicted molar refractivity (Wildman–Crippen MR) is 67.9 cm³/mol. The number of rotatable bonds is 4. The van der Waals surface area contributed by atoms with Crippen LogP contribution in [0.4, 0.5) is 0 Å². The van der Waals surface area contributed by atoms with Crippen molar-refractivity contribution in [3.8, 4) is 0 Å². The maximum absolute atomic E-state index is 4.02. The zero-order valence-corrected chi connectivity index (χ0v) is 10.0. The van der Waals surface area contributed by atoms with Crippen LogP contribution in [0.25, 0.3) is 0 Å². The van der Waals surface area contributed by atoms with E-state index >= 15 is 0 Å². The van der Waals surface area contributed by atoms with E-state index in [1.54, 1.807) is 0 Å². The second-order valence-corrected chi connectivity index (χ2v) is 4.75. The van der Waals surface area contributed by atoms with Crippen molar-refractivity contribution in [3.63, 3.8) is 0 Å². The number of fused-ring (bicyclic) bond motifs is 1. The largest absolute Gasteiger partial charge is 0.312 e. The van der Waals surface area contributed by atoms with Crippen LogP contribution in [0.3, 0.4) is 0 Å². The van der Waals surface area contributed by atoms with Gasteiger partial charge in [-0.15, -0.1) is 0 Å². The summed E-state index contributed by atoms with van der Waals surface area (Å²) in [5.41, 5.74) is 5.45. The Morgan fingerprint density at radius 3 is 3.06 bits per heavy atom. The van der Waals surface area contributed by atoms with Crippen molar-refractivity contribution in [2.24, 2.45) is 0 Å². The maximum atomic E-state index is 4.02. The molecule has 0 radical (unpaired) electrons. The summed E-state index contributed by atoms with van der Waals surface area (Å²) in [6.45, 7) is 4.02. The summed E-state index contributed by atoms with van der Waals surface area (Å²) in [7, 11) is 0. The standard InChI is InChI=1S/C14H17N3/c1-10-13(9-16-17-10)8-15-7-12-6-11-4-2-3-5-14(11)12/h2-5,9,12,15H,6-8H2,1H3,(H,16,17). The Labute approximate surface area is 101 Å². The van der Waals surface area contributed by atoms with Crippen LogP contribution in [0, 0.1) is 6.92 Å².